The van der Waals surface area contributed by atoms with Gasteiger partial charge in [-0.25, -0.2) is 0 Å². The van der Waals surface area contributed by atoms with Gasteiger partial charge in [-0.2, -0.15) is 0 Å². The first-order valence-corrected chi connectivity index (χ1v) is 8.06. The van der Waals surface area contributed by atoms with Crippen LogP contribution in [-0.2, 0) is 4.79 Å². The number of rotatable bonds is 7. The van der Waals surface area contributed by atoms with Crippen molar-refractivity contribution in [3.63, 3.8) is 0 Å². The first kappa shape index (κ1) is 18.7. The summed E-state index contributed by atoms with van der Waals surface area (Å²) in [6.07, 6.45) is 3.51. The number of nitrogens with one attached hydrogen (secondary N) is 1. The van der Waals surface area contributed by atoms with Crippen molar-refractivity contribution >= 4 is 23.5 Å². The number of amides is 1. The molecule has 0 aliphatic carbocycles. The second kappa shape index (κ2) is 7.98. The molecule has 0 aliphatic heterocycles. The number of pyridine rings is 1. The van der Waals surface area contributed by atoms with Gasteiger partial charge in [-0.15, -0.1) is 0 Å². The minimum absolute atomic E-state index is 0.0211. The van der Waals surface area contributed by atoms with E-state index in [-0.39, 0.29) is 12.3 Å². The third kappa shape index (κ3) is 5.76. The number of hydrogen-bond donors (Lipinski definition) is 2. The molecule has 0 saturated heterocycles. The fourth-order valence-electron chi connectivity index (χ4n) is 2.12. The largest absolute Gasteiger partial charge is 0.481 e. The SMILES string of the molecule is CC(C)(CCC(=O)O)NC(=O)c1ccc(Oc2ccncc2)c(Cl)c1. The molecule has 0 spiro atoms. The van der Waals surface area contributed by atoms with Gasteiger partial charge in [-0.1, -0.05) is 11.6 Å². The van der Waals surface area contributed by atoms with Crippen molar-refractivity contribution in [1.82, 2.24) is 10.3 Å². The summed E-state index contributed by atoms with van der Waals surface area (Å²) in [7, 11) is 0. The molecule has 0 unspecified atom stereocenters. The average Bonchev–Trinajstić information content (AvgIpc) is 2.55. The van der Waals surface area contributed by atoms with Crippen LogP contribution in [0.1, 0.15) is 37.0 Å². The highest BCUT2D eigenvalue weighted by molar-refractivity contribution is 6.32. The number of ether oxygens (including phenoxy) is 1. The number of carbonyl (C=O) groups excluding carboxylic acids is 1. The third-order valence-corrected chi connectivity index (χ3v) is 3.78. The molecule has 0 aliphatic rings. The summed E-state index contributed by atoms with van der Waals surface area (Å²) in [5.41, 5.74) is -0.274. The molecular formula is C18H19ClN2O4. The van der Waals surface area contributed by atoms with Crippen LogP contribution in [0.4, 0.5) is 0 Å². The van der Waals surface area contributed by atoms with Crippen molar-refractivity contribution in [2.45, 2.75) is 32.2 Å². The molecule has 132 valence electrons. The standard InChI is InChI=1S/C18H19ClN2O4/c1-18(2,8-5-16(22)23)21-17(24)12-3-4-15(14(19)11-12)25-13-6-9-20-10-7-13/h3-4,6-7,9-11H,5,8H2,1-2H3,(H,21,24)(H,22,23). The summed E-state index contributed by atoms with van der Waals surface area (Å²) in [5, 5.41) is 11.9. The molecule has 0 atom stereocenters. The lowest BCUT2D eigenvalue weighted by Gasteiger charge is -2.25. The molecular weight excluding hydrogens is 344 g/mol. The van der Waals surface area contributed by atoms with Crippen molar-refractivity contribution < 1.29 is 19.4 Å². The first-order chi connectivity index (χ1) is 11.8. The van der Waals surface area contributed by atoms with Crippen LogP contribution in [0.5, 0.6) is 11.5 Å². The van der Waals surface area contributed by atoms with Crippen LogP contribution >= 0.6 is 11.6 Å². The summed E-state index contributed by atoms with van der Waals surface area (Å²) in [6.45, 7) is 3.55. The number of carbonyl (C=O) groups is 2. The summed E-state index contributed by atoms with van der Waals surface area (Å²) >= 11 is 6.20. The van der Waals surface area contributed by atoms with Crippen LogP contribution in [0, 0.1) is 0 Å². The van der Waals surface area contributed by atoms with Crippen molar-refractivity contribution in [3.05, 3.63) is 53.3 Å². The van der Waals surface area contributed by atoms with E-state index < -0.39 is 11.5 Å². The molecule has 25 heavy (non-hydrogen) atoms. The maximum atomic E-state index is 12.4. The van der Waals surface area contributed by atoms with E-state index in [0.717, 1.165) is 0 Å². The van der Waals surface area contributed by atoms with Gasteiger partial charge in [0.2, 0.25) is 0 Å². The number of carboxylic acid groups (broad SMARTS) is 1. The summed E-state index contributed by atoms with van der Waals surface area (Å²) in [4.78, 5) is 27.0. The average molecular weight is 363 g/mol. The summed E-state index contributed by atoms with van der Waals surface area (Å²) in [6, 6.07) is 8.12. The van der Waals surface area contributed by atoms with E-state index in [1.807, 2.05) is 0 Å². The van der Waals surface area contributed by atoms with E-state index in [4.69, 9.17) is 21.4 Å². The van der Waals surface area contributed by atoms with Crippen LogP contribution in [0.25, 0.3) is 0 Å². The summed E-state index contributed by atoms with van der Waals surface area (Å²) < 4.78 is 5.64. The van der Waals surface area contributed by atoms with Crippen LogP contribution < -0.4 is 10.1 Å². The Bertz CT molecular complexity index is 763. The van der Waals surface area contributed by atoms with Crippen LogP contribution in [0.2, 0.25) is 5.02 Å². The van der Waals surface area contributed by atoms with Crippen LogP contribution in [0.15, 0.2) is 42.7 Å². The van der Waals surface area contributed by atoms with Gasteiger partial charge >= 0.3 is 5.97 Å². The van der Waals surface area contributed by atoms with Crippen molar-refractivity contribution in [2.24, 2.45) is 0 Å². The maximum absolute atomic E-state index is 12.4. The fourth-order valence-corrected chi connectivity index (χ4v) is 2.34. The van der Waals surface area contributed by atoms with E-state index in [0.29, 0.717) is 28.5 Å². The third-order valence-electron chi connectivity index (χ3n) is 3.49. The Hall–Kier alpha value is -2.60. The van der Waals surface area contributed by atoms with Crippen molar-refractivity contribution in [2.75, 3.05) is 0 Å². The van der Waals surface area contributed by atoms with Gasteiger partial charge < -0.3 is 15.2 Å². The molecule has 1 aromatic heterocycles. The number of hydrogen-bond acceptors (Lipinski definition) is 4. The molecule has 1 amide bonds. The van der Waals surface area contributed by atoms with Crippen molar-refractivity contribution in [1.29, 1.82) is 0 Å². The highest BCUT2D eigenvalue weighted by Gasteiger charge is 2.22. The minimum atomic E-state index is -0.900. The van der Waals surface area contributed by atoms with Crippen LogP contribution in [-0.4, -0.2) is 27.5 Å². The molecule has 0 radical (unpaired) electrons. The van der Waals surface area contributed by atoms with Crippen molar-refractivity contribution in [3.8, 4) is 11.5 Å². The molecule has 0 fully saturated rings. The number of aromatic nitrogens is 1. The highest BCUT2D eigenvalue weighted by Crippen LogP contribution is 2.30. The Balaban J connectivity index is 2.06. The number of aliphatic carboxylic acids is 1. The van der Waals surface area contributed by atoms with Gasteiger partial charge in [0, 0.05) is 29.9 Å². The molecule has 1 heterocycles. The van der Waals surface area contributed by atoms with Crippen LogP contribution in [0.3, 0.4) is 0 Å². The second-order valence-electron chi connectivity index (χ2n) is 6.16. The Labute approximate surface area is 150 Å². The van der Waals surface area contributed by atoms with Gasteiger partial charge in [0.1, 0.15) is 11.5 Å². The molecule has 2 N–H and O–H groups in total. The van der Waals surface area contributed by atoms with E-state index in [2.05, 4.69) is 10.3 Å². The van der Waals surface area contributed by atoms with Gasteiger partial charge in [0.05, 0.1) is 5.02 Å². The Morgan fingerprint density at radius 1 is 1.24 bits per heavy atom. The van der Waals surface area contributed by atoms with E-state index in [1.54, 1.807) is 50.5 Å². The monoisotopic (exact) mass is 362 g/mol. The lowest BCUT2D eigenvalue weighted by Crippen LogP contribution is -2.43. The van der Waals surface area contributed by atoms with E-state index in [1.165, 1.54) is 6.07 Å². The first-order valence-electron chi connectivity index (χ1n) is 7.68. The predicted molar refractivity (Wildman–Crippen MR) is 94.2 cm³/mol. The molecule has 6 nitrogen and oxygen atoms in total. The van der Waals surface area contributed by atoms with Gasteiger partial charge in [-0.05, 0) is 50.6 Å². The Morgan fingerprint density at radius 2 is 1.92 bits per heavy atom. The Kier molecular flexibility index (Phi) is 5.98. The quantitative estimate of drug-likeness (QED) is 0.779. The number of halogens is 1. The molecule has 7 heteroatoms. The second-order valence-corrected chi connectivity index (χ2v) is 6.57. The predicted octanol–water partition coefficient (Wildman–Crippen LogP) is 3.90. The normalized spacial score (nSPS) is 11.0. The topological polar surface area (TPSA) is 88.5 Å². The van der Waals surface area contributed by atoms with Gasteiger partial charge in [0.25, 0.3) is 5.91 Å². The number of carboxylic acids is 1. The zero-order valence-corrected chi connectivity index (χ0v) is 14.7. The zero-order valence-electron chi connectivity index (χ0n) is 14.0. The lowest BCUT2D eigenvalue weighted by atomic mass is 9.97. The van der Waals surface area contributed by atoms with E-state index >= 15 is 0 Å². The molecule has 2 rings (SSSR count). The van der Waals surface area contributed by atoms with Gasteiger partial charge in [0.15, 0.2) is 0 Å². The van der Waals surface area contributed by atoms with E-state index in [9.17, 15) is 9.59 Å². The number of nitrogens with zero attached hydrogens (tertiary/aromatic N) is 1. The molecule has 2 aromatic rings. The fraction of sp³-hybridized carbons (Fsp3) is 0.278. The molecule has 0 saturated carbocycles. The lowest BCUT2D eigenvalue weighted by molar-refractivity contribution is -0.137. The zero-order chi connectivity index (χ0) is 18.4. The molecule has 0 bridgehead atoms. The summed E-state index contributed by atoms with van der Waals surface area (Å²) in [5.74, 6) is -0.214. The molecule has 1 aromatic carbocycles. The minimum Gasteiger partial charge on any atom is -0.481 e. The smallest absolute Gasteiger partial charge is 0.303 e. The highest BCUT2D eigenvalue weighted by atomic mass is 35.5. The maximum Gasteiger partial charge on any atom is 0.303 e. The number of benzene rings is 1. The van der Waals surface area contributed by atoms with Gasteiger partial charge in [-0.3, -0.25) is 14.6 Å². The Morgan fingerprint density at radius 3 is 2.52 bits per heavy atom.